The van der Waals surface area contributed by atoms with E-state index in [4.69, 9.17) is 23.2 Å². The number of hydrogen-bond donors (Lipinski definition) is 1. The van der Waals surface area contributed by atoms with Gasteiger partial charge in [0.1, 0.15) is 0 Å². The Morgan fingerprint density at radius 2 is 1.81 bits per heavy atom. The van der Waals surface area contributed by atoms with Crippen molar-refractivity contribution in [3.05, 3.63) is 68.1 Å². The summed E-state index contributed by atoms with van der Waals surface area (Å²) in [6, 6.07) is 14.3. The van der Waals surface area contributed by atoms with Crippen molar-refractivity contribution in [3.8, 4) is 0 Å². The van der Waals surface area contributed by atoms with E-state index in [9.17, 15) is 0 Å². The molecule has 2 atom stereocenters. The molecule has 4 heteroatoms. The first-order valence-electron chi connectivity index (χ1n) is 6.98. The summed E-state index contributed by atoms with van der Waals surface area (Å²) in [4.78, 5) is 0. The van der Waals surface area contributed by atoms with Crippen molar-refractivity contribution >= 4 is 39.1 Å². The smallest absolute Gasteiger partial charge is 0.0468 e. The maximum absolute atomic E-state index is 6.33. The van der Waals surface area contributed by atoms with Crippen molar-refractivity contribution in [2.45, 2.75) is 32.4 Å². The fourth-order valence-electron chi connectivity index (χ4n) is 2.43. The fourth-order valence-corrected chi connectivity index (χ4v) is 3.60. The molecule has 1 unspecified atom stereocenters. The third-order valence-electron chi connectivity index (χ3n) is 3.57. The van der Waals surface area contributed by atoms with E-state index in [0.29, 0.717) is 10.0 Å². The fraction of sp³-hybridized carbons (Fsp3) is 0.294. The van der Waals surface area contributed by atoms with Crippen LogP contribution in [-0.2, 0) is 0 Å². The molecule has 2 aromatic rings. The third kappa shape index (κ3) is 4.23. The van der Waals surface area contributed by atoms with Gasteiger partial charge in [0.2, 0.25) is 0 Å². The Bertz CT molecular complexity index is 615. The zero-order chi connectivity index (χ0) is 15.4. The molecule has 0 saturated carbocycles. The Morgan fingerprint density at radius 1 is 1.10 bits per heavy atom. The minimum absolute atomic E-state index is 0.192. The zero-order valence-corrected chi connectivity index (χ0v) is 15.1. The summed E-state index contributed by atoms with van der Waals surface area (Å²) in [5.74, 6) is 0. The van der Waals surface area contributed by atoms with Crippen LogP contribution in [0.5, 0.6) is 0 Å². The van der Waals surface area contributed by atoms with Gasteiger partial charge in [-0.25, -0.2) is 0 Å². The van der Waals surface area contributed by atoms with Crippen LogP contribution in [0.15, 0.2) is 46.9 Å². The van der Waals surface area contributed by atoms with Crippen LogP contribution < -0.4 is 5.32 Å². The molecule has 0 bridgehead atoms. The highest BCUT2D eigenvalue weighted by Crippen LogP contribution is 2.31. The van der Waals surface area contributed by atoms with Crippen molar-refractivity contribution in [2.24, 2.45) is 0 Å². The van der Waals surface area contributed by atoms with Crippen LogP contribution in [0.3, 0.4) is 0 Å². The molecule has 0 spiro atoms. The van der Waals surface area contributed by atoms with E-state index in [1.165, 1.54) is 5.56 Å². The highest BCUT2D eigenvalue weighted by atomic mass is 79.9. The molecule has 1 nitrogen and oxygen atoms in total. The standard InChI is InChI=1S/C17H18BrCl2N/c1-3-17(14-9-8-12(19)10-16(14)20)21-11(2)13-6-4-5-7-15(13)18/h4-11,17,21H,3H2,1-2H3/t11-,17?/m0/s1. The number of benzene rings is 2. The molecule has 2 aromatic carbocycles. The molecule has 2 rings (SSSR count). The van der Waals surface area contributed by atoms with Gasteiger partial charge < -0.3 is 5.32 Å². The van der Waals surface area contributed by atoms with E-state index in [1.54, 1.807) is 6.07 Å². The molecule has 0 radical (unpaired) electrons. The van der Waals surface area contributed by atoms with Gasteiger partial charge in [-0.3, -0.25) is 0 Å². The third-order valence-corrected chi connectivity index (χ3v) is 4.85. The lowest BCUT2D eigenvalue weighted by molar-refractivity contribution is 0.455. The molecule has 0 saturated heterocycles. The summed E-state index contributed by atoms with van der Waals surface area (Å²) in [6.07, 6.45) is 0.955. The first-order valence-corrected chi connectivity index (χ1v) is 8.53. The monoisotopic (exact) mass is 385 g/mol. The highest BCUT2D eigenvalue weighted by Gasteiger charge is 2.17. The van der Waals surface area contributed by atoms with Gasteiger partial charge in [-0.2, -0.15) is 0 Å². The van der Waals surface area contributed by atoms with Gasteiger partial charge in [0.25, 0.3) is 0 Å². The number of nitrogens with one attached hydrogen (secondary N) is 1. The van der Waals surface area contributed by atoms with Gasteiger partial charge in [0, 0.05) is 26.6 Å². The summed E-state index contributed by atoms with van der Waals surface area (Å²) >= 11 is 15.9. The second kappa shape index (κ2) is 7.64. The van der Waals surface area contributed by atoms with Crippen molar-refractivity contribution in [1.29, 1.82) is 0 Å². The van der Waals surface area contributed by atoms with E-state index in [1.807, 2.05) is 18.2 Å². The van der Waals surface area contributed by atoms with Crippen molar-refractivity contribution in [2.75, 3.05) is 0 Å². The molecule has 112 valence electrons. The molecule has 0 heterocycles. The first-order chi connectivity index (χ1) is 10.0. The molecule has 1 N–H and O–H groups in total. The summed E-state index contributed by atoms with van der Waals surface area (Å²) in [5.41, 5.74) is 2.32. The van der Waals surface area contributed by atoms with E-state index in [0.717, 1.165) is 16.5 Å². The Morgan fingerprint density at radius 3 is 2.43 bits per heavy atom. The van der Waals surface area contributed by atoms with Crippen molar-refractivity contribution in [1.82, 2.24) is 5.32 Å². The van der Waals surface area contributed by atoms with E-state index < -0.39 is 0 Å². The summed E-state index contributed by atoms with van der Waals surface area (Å²) in [7, 11) is 0. The van der Waals surface area contributed by atoms with E-state index in [2.05, 4.69) is 53.3 Å². The van der Waals surface area contributed by atoms with Crippen LogP contribution in [0.2, 0.25) is 10.0 Å². The van der Waals surface area contributed by atoms with E-state index in [-0.39, 0.29) is 12.1 Å². The Hall–Kier alpha value is -0.540. The molecule has 0 aliphatic rings. The van der Waals surface area contributed by atoms with Gasteiger partial charge in [-0.1, -0.05) is 70.3 Å². The summed E-state index contributed by atoms with van der Waals surface area (Å²) in [6.45, 7) is 4.31. The lowest BCUT2D eigenvalue weighted by Crippen LogP contribution is -2.24. The van der Waals surface area contributed by atoms with Gasteiger partial charge in [0.15, 0.2) is 0 Å². The maximum Gasteiger partial charge on any atom is 0.0468 e. The molecular weight excluding hydrogens is 369 g/mol. The minimum atomic E-state index is 0.192. The molecule has 0 aromatic heterocycles. The molecular formula is C17H18BrCl2N. The van der Waals surface area contributed by atoms with Crippen LogP contribution in [-0.4, -0.2) is 0 Å². The van der Waals surface area contributed by atoms with Crippen LogP contribution in [0, 0.1) is 0 Å². The second-order valence-electron chi connectivity index (χ2n) is 5.04. The summed E-state index contributed by atoms with van der Waals surface area (Å²) in [5, 5.41) is 5.02. The number of halogens is 3. The van der Waals surface area contributed by atoms with E-state index >= 15 is 0 Å². The second-order valence-corrected chi connectivity index (χ2v) is 6.73. The molecule has 0 aliphatic carbocycles. The average molecular weight is 387 g/mol. The highest BCUT2D eigenvalue weighted by molar-refractivity contribution is 9.10. The van der Waals surface area contributed by atoms with Gasteiger partial charge >= 0.3 is 0 Å². The largest absolute Gasteiger partial charge is 0.303 e. The average Bonchev–Trinajstić information content (AvgIpc) is 2.45. The summed E-state index contributed by atoms with van der Waals surface area (Å²) < 4.78 is 1.11. The predicted molar refractivity (Wildman–Crippen MR) is 95.2 cm³/mol. The molecule has 0 amide bonds. The van der Waals surface area contributed by atoms with Crippen LogP contribution in [0.1, 0.15) is 43.5 Å². The predicted octanol–water partition coefficient (Wildman–Crippen LogP) is 6.56. The van der Waals surface area contributed by atoms with Crippen molar-refractivity contribution < 1.29 is 0 Å². The quantitative estimate of drug-likeness (QED) is 0.613. The number of hydrogen-bond acceptors (Lipinski definition) is 1. The topological polar surface area (TPSA) is 12.0 Å². The number of rotatable bonds is 5. The Labute approximate surface area is 144 Å². The van der Waals surface area contributed by atoms with Gasteiger partial charge in [-0.15, -0.1) is 0 Å². The Balaban J connectivity index is 2.21. The molecule has 21 heavy (non-hydrogen) atoms. The lowest BCUT2D eigenvalue weighted by Gasteiger charge is -2.24. The SMILES string of the molecule is CCC(N[C@@H](C)c1ccccc1Br)c1ccc(Cl)cc1Cl. The lowest BCUT2D eigenvalue weighted by atomic mass is 10.0. The van der Waals surface area contributed by atoms with Gasteiger partial charge in [0.05, 0.1) is 0 Å². The first kappa shape index (κ1) is 16.8. The van der Waals surface area contributed by atoms with Crippen LogP contribution in [0.4, 0.5) is 0 Å². The van der Waals surface area contributed by atoms with Crippen molar-refractivity contribution in [3.63, 3.8) is 0 Å². The zero-order valence-electron chi connectivity index (χ0n) is 12.0. The van der Waals surface area contributed by atoms with Crippen LogP contribution >= 0.6 is 39.1 Å². The molecule has 0 aliphatic heterocycles. The molecule has 0 fully saturated rings. The van der Waals surface area contributed by atoms with Gasteiger partial charge in [-0.05, 0) is 42.7 Å². The normalized spacial score (nSPS) is 14.0. The van der Waals surface area contributed by atoms with Crippen LogP contribution in [0.25, 0.3) is 0 Å². The minimum Gasteiger partial charge on any atom is -0.303 e. The maximum atomic E-state index is 6.33. The Kier molecular flexibility index (Phi) is 6.12.